The van der Waals surface area contributed by atoms with Crippen molar-refractivity contribution in [2.75, 3.05) is 6.26 Å². The predicted molar refractivity (Wildman–Crippen MR) is 69.2 cm³/mol. The lowest BCUT2D eigenvalue weighted by molar-refractivity contribution is 1.30. The van der Waals surface area contributed by atoms with Gasteiger partial charge in [-0.3, -0.25) is 4.98 Å². The van der Waals surface area contributed by atoms with Crippen molar-refractivity contribution in [1.29, 1.82) is 0 Å². The number of thioether (sulfide) groups is 1. The van der Waals surface area contributed by atoms with E-state index in [1.165, 1.54) is 10.5 Å². The first-order valence-corrected chi connectivity index (χ1v) is 6.56. The second-order valence-corrected chi connectivity index (χ2v) is 4.92. The molecular weight excluding hydrogens is 270 g/mol. The largest absolute Gasteiger partial charge is 0.263 e. The van der Waals surface area contributed by atoms with Crippen LogP contribution in [0.5, 0.6) is 0 Å². The Morgan fingerprint density at radius 2 is 2.00 bits per heavy atom. The van der Waals surface area contributed by atoms with Crippen molar-refractivity contribution >= 4 is 27.7 Å². The van der Waals surface area contributed by atoms with Crippen molar-refractivity contribution in [1.82, 2.24) is 4.98 Å². The lowest BCUT2D eigenvalue weighted by atomic mass is 10.1. The highest BCUT2D eigenvalue weighted by Crippen LogP contribution is 2.25. The number of hydrogen-bond donors (Lipinski definition) is 0. The molecule has 2 rings (SSSR count). The van der Waals surface area contributed by atoms with Crippen molar-refractivity contribution in [3.05, 3.63) is 47.2 Å². The van der Waals surface area contributed by atoms with Gasteiger partial charge in [0.25, 0.3) is 0 Å². The molecule has 0 amide bonds. The standard InChI is InChI=1S/C12H10BrNS/c1-15-12-4-2-3-9(6-12)10-5-11(13)8-14-7-10/h2-8H,1H3. The fourth-order valence-corrected chi connectivity index (χ4v) is 2.20. The minimum Gasteiger partial charge on any atom is -0.263 e. The number of benzene rings is 1. The monoisotopic (exact) mass is 279 g/mol. The first-order chi connectivity index (χ1) is 7.29. The lowest BCUT2D eigenvalue weighted by Gasteiger charge is -2.03. The Morgan fingerprint density at radius 1 is 1.13 bits per heavy atom. The van der Waals surface area contributed by atoms with Crippen molar-refractivity contribution in [2.24, 2.45) is 0 Å². The van der Waals surface area contributed by atoms with E-state index in [-0.39, 0.29) is 0 Å². The number of rotatable bonds is 2. The van der Waals surface area contributed by atoms with Crippen LogP contribution in [0.1, 0.15) is 0 Å². The van der Waals surface area contributed by atoms with Crippen LogP contribution in [0.25, 0.3) is 11.1 Å². The number of hydrogen-bond acceptors (Lipinski definition) is 2. The second-order valence-electron chi connectivity index (χ2n) is 3.12. The molecule has 76 valence electrons. The number of aromatic nitrogens is 1. The van der Waals surface area contributed by atoms with E-state index in [0.29, 0.717) is 0 Å². The van der Waals surface area contributed by atoms with E-state index in [9.17, 15) is 0 Å². The fraction of sp³-hybridized carbons (Fsp3) is 0.0833. The zero-order chi connectivity index (χ0) is 10.7. The Hall–Kier alpha value is -0.800. The van der Waals surface area contributed by atoms with E-state index in [1.54, 1.807) is 18.0 Å². The Morgan fingerprint density at radius 3 is 2.73 bits per heavy atom. The molecule has 0 saturated heterocycles. The van der Waals surface area contributed by atoms with E-state index >= 15 is 0 Å². The highest BCUT2D eigenvalue weighted by Gasteiger charge is 1.99. The highest BCUT2D eigenvalue weighted by molar-refractivity contribution is 9.10. The van der Waals surface area contributed by atoms with Crippen LogP contribution >= 0.6 is 27.7 Å². The van der Waals surface area contributed by atoms with Crippen LogP contribution in [-0.4, -0.2) is 11.2 Å². The normalized spacial score (nSPS) is 10.3. The molecule has 1 aromatic heterocycles. The second kappa shape index (κ2) is 4.81. The average molecular weight is 280 g/mol. The van der Waals surface area contributed by atoms with Crippen LogP contribution in [0.15, 0.2) is 52.1 Å². The summed E-state index contributed by atoms with van der Waals surface area (Å²) in [6.45, 7) is 0. The zero-order valence-electron chi connectivity index (χ0n) is 8.27. The number of nitrogens with zero attached hydrogens (tertiary/aromatic N) is 1. The van der Waals surface area contributed by atoms with Crippen molar-refractivity contribution < 1.29 is 0 Å². The maximum atomic E-state index is 4.16. The quantitative estimate of drug-likeness (QED) is 0.763. The summed E-state index contributed by atoms with van der Waals surface area (Å²) >= 11 is 5.18. The topological polar surface area (TPSA) is 12.9 Å². The maximum absolute atomic E-state index is 4.16. The molecular formula is C12H10BrNS. The summed E-state index contributed by atoms with van der Waals surface area (Å²) in [4.78, 5) is 5.43. The SMILES string of the molecule is CSc1cccc(-c2cncc(Br)c2)c1. The van der Waals surface area contributed by atoms with Gasteiger partial charge < -0.3 is 0 Å². The minimum atomic E-state index is 1.01. The molecule has 15 heavy (non-hydrogen) atoms. The Bertz CT molecular complexity index is 471. The van der Waals surface area contributed by atoms with Gasteiger partial charge in [0.2, 0.25) is 0 Å². The predicted octanol–water partition coefficient (Wildman–Crippen LogP) is 4.23. The molecule has 0 aliphatic rings. The van der Waals surface area contributed by atoms with Gasteiger partial charge in [-0.25, -0.2) is 0 Å². The van der Waals surface area contributed by atoms with Crippen molar-refractivity contribution in [3.63, 3.8) is 0 Å². The Labute approximate surface area is 102 Å². The first kappa shape index (κ1) is 10.7. The van der Waals surface area contributed by atoms with Gasteiger partial charge in [0.05, 0.1) is 0 Å². The Kier molecular flexibility index (Phi) is 3.44. The minimum absolute atomic E-state index is 1.01. The molecule has 0 saturated carbocycles. The molecule has 2 aromatic rings. The third kappa shape index (κ3) is 2.61. The van der Waals surface area contributed by atoms with Gasteiger partial charge in [-0.15, -0.1) is 11.8 Å². The van der Waals surface area contributed by atoms with E-state index in [2.05, 4.69) is 57.5 Å². The number of pyridine rings is 1. The lowest BCUT2D eigenvalue weighted by Crippen LogP contribution is -1.80. The third-order valence-electron chi connectivity index (χ3n) is 2.11. The van der Waals surface area contributed by atoms with E-state index in [4.69, 9.17) is 0 Å². The molecule has 0 aliphatic carbocycles. The molecule has 1 heterocycles. The van der Waals surface area contributed by atoms with Crippen LogP contribution < -0.4 is 0 Å². The van der Waals surface area contributed by atoms with Gasteiger partial charge in [-0.05, 0) is 45.9 Å². The van der Waals surface area contributed by atoms with Gasteiger partial charge in [-0.1, -0.05) is 12.1 Å². The van der Waals surface area contributed by atoms with Gasteiger partial charge in [-0.2, -0.15) is 0 Å². The summed E-state index contributed by atoms with van der Waals surface area (Å²) in [5, 5.41) is 0. The molecule has 0 atom stereocenters. The molecule has 1 aromatic carbocycles. The van der Waals surface area contributed by atoms with Crippen molar-refractivity contribution in [2.45, 2.75) is 4.90 Å². The van der Waals surface area contributed by atoms with Crippen LogP contribution in [0.3, 0.4) is 0 Å². The molecule has 0 fully saturated rings. The first-order valence-electron chi connectivity index (χ1n) is 4.54. The molecule has 0 spiro atoms. The molecule has 0 aliphatic heterocycles. The van der Waals surface area contributed by atoms with Crippen LogP contribution in [0.2, 0.25) is 0 Å². The Balaban J connectivity index is 2.44. The van der Waals surface area contributed by atoms with Crippen LogP contribution in [-0.2, 0) is 0 Å². The van der Waals surface area contributed by atoms with E-state index < -0.39 is 0 Å². The van der Waals surface area contributed by atoms with Gasteiger partial charge >= 0.3 is 0 Å². The zero-order valence-corrected chi connectivity index (χ0v) is 10.7. The fourth-order valence-electron chi connectivity index (χ4n) is 1.37. The van der Waals surface area contributed by atoms with E-state index in [1.807, 2.05) is 6.20 Å². The van der Waals surface area contributed by atoms with Crippen LogP contribution in [0.4, 0.5) is 0 Å². The van der Waals surface area contributed by atoms with Crippen LogP contribution in [0, 0.1) is 0 Å². The third-order valence-corrected chi connectivity index (χ3v) is 3.27. The smallest absolute Gasteiger partial charge is 0.0410 e. The van der Waals surface area contributed by atoms with Gasteiger partial charge in [0.1, 0.15) is 0 Å². The molecule has 0 unspecified atom stereocenters. The summed E-state index contributed by atoms with van der Waals surface area (Å²) in [5.41, 5.74) is 2.34. The van der Waals surface area contributed by atoms with Gasteiger partial charge in [0, 0.05) is 27.3 Å². The molecule has 0 bridgehead atoms. The van der Waals surface area contributed by atoms with Crippen molar-refractivity contribution in [3.8, 4) is 11.1 Å². The molecule has 0 N–H and O–H groups in total. The average Bonchev–Trinajstić information content (AvgIpc) is 2.29. The van der Waals surface area contributed by atoms with E-state index in [0.717, 1.165) is 10.0 Å². The maximum Gasteiger partial charge on any atom is 0.0410 e. The summed E-state index contributed by atoms with van der Waals surface area (Å²) in [6, 6.07) is 10.5. The summed E-state index contributed by atoms with van der Waals surface area (Å²) < 4.78 is 1.01. The summed E-state index contributed by atoms with van der Waals surface area (Å²) in [5.74, 6) is 0. The molecule has 3 heteroatoms. The highest BCUT2D eigenvalue weighted by atomic mass is 79.9. The number of halogens is 1. The van der Waals surface area contributed by atoms with Gasteiger partial charge in [0.15, 0.2) is 0 Å². The summed E-state index contributed by atoms with van der Waals surface area (Å²) in [6.07, 6.45) is 5.75. The molecule has 1 nitrogen and oxygen atoms in total. The summed E-state index contributed by atoms with van der Waals surface area (Å²) in [7, 11) is 0. The molecule has 0 radical (unpaired) electrons.